The molecule has 3 heterocycles. The van der Waals surface area contributed by atoms with Crippen LogP contribution in [0.25, 0.3) is 15.9 Å². The molecule has 2 aliphatic rings. The van der Waals surface area contributed by atoms with Crippen LogP contribution in [0.2, 0.25) is 5.02 Å². The molecule has 1 N–H and O–H groups in total. The summed E-state index contributed by atoms with van der Waals surface area (Å²) >= 11 is 9.17. The number of benzene rings is 2. The summed E-state index contributed by atoms with van der Waals surface area (Å²) < 4.78 is 1.55. The number of carboxylic acid groups (broad SMARTS) is 1. The van der Waals surface area contributed by atoms with Crippen molar-refractivity contribution in [3.63, 3.8) is 0 Å². The Kier molecular flexibility index (Phi) is 7.23. The minimum Gasteiger partial charge on any atom is -0.480 e. The Labute approximate surface area is 244 Å². The van der Waals surface area contributed by atoms with Crippen LogP contribution in [0.1, 0.15) is 40.5 Å². The summed E-state index contributed by atoms with van der Waals surface area (Å²) in [7, 11) is 0. The van der Waals surface area contributed by atoms with Crippen molar-refractivity contribution >= 4 is 56.8 Å². The summed E-state index contributed by atoms with van der Waals surface area (Å²) in [4.78, 5) is 47.9. The number of rotatable bonds is 5. The lowest BCUT2D eigenvalue weighted by molar-refractivity contribution is -0.150. The third kappa shape index (κ3) is 4.84. The van der Waals surface area contributed by atoms with Crippen LogP contribution in [0.15, 0.2) is 52.4 Å². The van der Waals surface area contributed by atoms with Crippen LogP contribution in [0, 0.1) is 12.8 Å². The highest BCUT2D eigenvalue weighted by Gasteiger charge is 2.34. The van der Waals surface area contributed by atoms with E-state index < -0.39 is 12.0 Å². The highest BCUT2D eigenvalue weighted by atomic mass is 35.5. The third-order valence-electron chi connectivity index (χ3n) is 7.89. The van der Waals surface area contributed by atoms with Crippen LogP contribution < -0.4 is 5.56 Å². The molecular weight excluding hydrogens is 566 g/mol. The van der Waals surface area contributed by atoms with E-state index in [1.54, 1.807) is 22.0 Å². The molecule has 0 saturated heterocycles. The molecule has 0 bridgehead atoms. The fraction of sp³-hybridized carbons (Fsp3) is 0.333. The van der Waals surface area contributed by atoms with Gasteiger partial charge in [0.15, 0.2) is 5.16 Å². The number of aryl methyl sites for hydroxylation is 2. The van der Waals surface area contributed by atoms with Crippen LogP contribution >= 0.6 is 34.7 Å². The molecule has 0 saturated carbocycles. The first kappa shape index (κ1) is 27.1. The number of carbonyl (C=O) groups is 2. The fourth-order valence-electron chi connectivity index (χ4n) is 5.63. The Morgan fingerprint density at radius 2 is 1.95 bits per heavy atom. The first-order chi connectivity index (χ1) is 19.2. The number of hydrogen-bond donors (Lipinski definition) is 1. The molecule has 1 aliphatic heterocycles. The normalized spacial score (nSPS) is 18.4. The van der Waals surface area contributed by atoms with E-state index in [1.807, 2.05) is 43.3 Å². The van der Waals surface area contributed by atoms with Crippen molar-refractivity contribution in [3.05, 3.63) is 85.0 Å². The number of thiophene rings is 1. The molecule has 10 heteroatoms. The Morgan fingerprint density at radius 1 is 1.18 bits per heavy atom. The van der Waals surface area contributed by atoms with Gasteiger partial charge in [0.1, 0.15) is 10.9 Å². The predicted molar refractivity (Wildman–Crippen MR) is 159 cm³/mol. The highest BCUT2D eigenvalue weighted by Crippen LogP contribution is 2.37. The van der Waals surface area contributed by atoms with Gasteiger partial charge in [0, 0.05) is 22.9 Å². The number of amides is 1. The van der Waals surface area contributed by atoms with E-state index in [-0.39, 0.29) is 30.2 Å². The second-order valence-corrected chi connectivity index (χ2v) is 13.1. The number of halogens is 1. The summed E-state index contributed by atoms with van der Waals surface area (Å²) in [5, 5.41) is 11.5. The molecular formula is C30H28ClN3O4S2. The summed E-state index contributed by atoms with van der Waals surface area (Å²) in [5.41, 5.74) is 4.30. The number of carbonyl (C=O) groups excluding carboxylic acids is 1. The Balaban J connectivity index is 1.39. The van der Waals surface area contributed by atoms with Crippen LogP contribution in [0.5, 0.6) is 0 Å². The zero-order chi connectivity index (χ0) is 28.1. The molecule has 7 nitrogen and oxygen atoms in total. The van der Waals surface area contributed by atoms with E-state index in [0.717, 1.165) is 53.3 Å². The average Bonchev–Trinajstić information content (AvgIpc) is 3.30. The number of carboxylic acids is 1. The van der Waals surface area contributed by atoms with Gasteiger partial charge in [0.05, 0.1) is 16.8 Å². The second-order valence-electron chi connectivity index (χ2n) is 10.6. The molecule has 0 spiro atoms. The lowest BCUT2D eigenvalue weighted by atomic mass is 9.89. The minimum atomic E-state index is -1.03. The largest absolute Gasteiger partial charge is 0.480 e. The molecule has 2 aromatic heterocycles. The Morgan fingerprint density at radius 3 is 2.70 bits per heavy atom. The first-order valence-electron chi connectivity index (χ1n) is 13.3. The van der Waals surface area contributed by atoms with Crippen LogP contribution in [-0.2, 0) is 35.4 Å². The zero-order valence-corrected chi connectivity index (χ0v) is 24.5. The van der Waals surface area contributed by atoms with Crippen LogP contribution in [0.4, 0.5) is 0 Å². The number of aromatic nitrogens is 2. The molecule has 2 aromatic carbocycles. The van der Waals surface area contributed by atoms with E-state index in [1.165, 1.54) is 9.78 Å². The third-order valence-corrected chi connectivity index (χ3v) is 10.4. The highest BCUT2D eigenvalue weighted by molar-refractivity contribution is 7.99. The van der Waals surface area contributed by atoms with E-state index in [2.05, 4.69) is 6.92 Å². The average molecular weight is 594 g/mol. The first-order valence-corrected chi connectivity index (χ1v) is 15.4. The molecule has 0 fully saturated rings. The lowest BCUT2D eigenvalue weighted by Crippen LogP contribution is -2.49. The van der Waals surface area contributed by atoms with Gasteiger partial charge >= 0.3 is 5.97 Å². The van der Waals surface area contributed by atoms with Gasteiger partial charge in [-0.1, -0.05) is 60.6 Å². The summed E-state index contributed by atoms with van der Waals surface area (Å²) in [6.07, 6.45) is 3.07. The quantitative estimate of drug-likeness (QED) is 0.237. The van der Waals surface area contributed by atoms with Crippen LogP contribution in [0.3, 0.4) is 0 Å². The van der Waals surface area contributed by atoms with Gasteiger partial charge in [-0.05, 0) is 66.5 Å². The minimum absolute atomic E-state index is 0.0500. The van der Waals surface area contributed by atoms with Gasteiger partial charge < -0.3 is 10.0 Å². The van der Waals surface area contributed by atoms with Gasteiger partial charge in [-0.25, -0.2) is 9.78 Å². The van der Waals surface area contributed by atoms with E-state index >= 15 is 0 Å². The monoisotopic (exact) mass is 593 g/mol. The fourth-order valence-corrected chi connectivity index (χ4v) is 8.13. The molecule has 0 radical (unpaired) electrons. The van der Waals surface area contributed by atoms with Gasteiger partial charge in [-0.3, -0.25) is 14.2 Å². The number of fused-ring (bicyclic) bond motifs is 4. The van der Waals surface area contributed by atoms with Crippen LogP contribution in [-0.4, -0.2) is 43.2 Å². The van der Waals surface area contributed by atoms with Crippen molar-refractivity contribution in [2.45, 2.75) is 57.3 Å². The summed E-state index contributed by atoms with van der Waals surface area (Å²) in [6.45, 7) is 4.36. The number of nitrogens with zero attached hydrogens (tertiary/aromatic N) is 3. The number of hydrogen-bond acceptors (Lipinski definition) is 6. The molecule has 2 atom stereocenters. The van der Waals surface area contributed by atoms with Crippen molar-refractivity contribution < 1.29 is 14.7 Å². The van der Waals surface area contributed by atoms with Crippen molar-refractivity contribution in [2.75, 3.05) is 5.75 Å². The smallest absolute Gasteiger partial charge is 0.326 e. The van der Waals surface area contributed by atoms with E-state index in [0.29, 0.717) is 32.0 Å². The van der Waals surface area contributed by atoms with Crippen molar-refractivity contribution in [3.8, 4) is 5.69 Å². The molecule has 40 heavy (non-hydrogen) atoms. The van der Waals surface area contributed by atoms with E-state index in [9.17, 15) is 19.5 Å². The second kappa shape index (κ2) is 10.7. The molecule has 6 rings (SSSR count). The van der Waals surface area contributed by atoms with Gasteiger partial charge in [0.2, 0.25) is 5.91 Å². The summed E-state index contributed by atoms with van der Waals surface area (Å²) in [5.74, 6) is -0.834. The SMILES string of the molecule is Cc1ccc(-n2c(SCC(=O)N3Cc4ccccc4C[C@H]3C(=O)O)nc3sc4c(c3c2=O)CC[C@@H](C)C4)cc1Cl. The van der Waals surface area contributed by atoms with Gasteiger partial charge in [0.25, 0.3) is 5.56 Å². The van der Waals surface area contributed by atoms with E-state index in [4.69, 9.17) is 16.6 Å². The zero-order valence-electron chi connectivity index (χ0n) is 22.1. The Hall–Kier alpha value is -3.14. The molecule has 206 valence electrons. The molecule has 4 aromatic rings. The number of thioether (sulfide) groups is 1. The number of aliphatic carboxylic acids is 1. The van der Waals surface area contributed by atoms with Crippen molar-refractivity contribution in [1.29, 1.82) is 0 Å². The van der Waals surface area contributed by atoms with Crippen molar-refractivity contribution in [1.82, 2.24) is 14.5 Å². The molecule has 0 unspecified atom stereocenters. The van der Waals surface area contributed by atoms with Gasteiger partial charge in [-0.2, -0.15) is 0 Å². The topological polar surface area (TPSA) is 92.5 Å². The maximum Gasteiger partial charge on any atom is 0.326 e. The van der Waals surface area contributed by atoms with Crippen molar-refractivity contribution in [2.24, 2.45) is 5.92 Å². The maximum atomic E-state index is 14.1. The predicted octanol–water partition coefficient (Wildman–Crippen LogP) is 5.66. The maximum absolute atomic E-state index is 14.1. The molecule has 1 aliphatic carbocycles. The lowest BCUT2D eigenvalue weighted by Gasteiger charge is -2.34. The Bertz CT molecular complexity index is 1730. The standard InChI is InChI=1S/C30H28ClN3O4S2/c1-16-7-10-21-24(11-16)40-27-26(21)28(36)34(20-9-8-17(2)22(31)13-20)30(32-27)39-15-25(35)33-14-19-6-4-3-5-18(19)12-23(33)29(37)38/h3-6,8-9,13,16,23H,7,10-12,14-15H2,1-2H3,(H,37,38)/t16-,23+/m1/s1. The molecule has 1 amide bonds. The van der Waals surface area contributed by atoms with Gasteiger partial charge in [-0.15, -0.1) is 11.3 Å². The summed E-state index contributed by atoms with van der Waals surface area (Å²) in [6, 6.07) is 12.1.